The Kier molecular flexibility index (Phi) is 4.74. The summed E-state index contributed by atoms with van der Waals surface area (Å²) in [6.07, 6.45) is 3.98. The first-order chi connectivity index (χ1) is 7.41. The van der Waals surface area contributed by atoms with Crippen LogP contribution in [-0.2, 0) is 4.79 Å². The number of rotatable bonds is 4. The van der Waals surface area contributed by atoms with Crippen molar-refractivity contribution in [3.63, 3.8) is 0 Å². The number of carbonyl (C=O) groups is 1. The van der Waals surface area contributed by atoms with Gasteiger partial charge in [-0.2, -0.15) is 0 Å². The summed E-state index contributed by atoms with van der Waals surface area (Å²) in [6, 6.07) is -0.124. The maximum atomic E-state index is 11.4. The van der Waals surface area contributed by atoms with Crippen molar-refractivity contribution in [1.82, 2.24) is 5.32 Å². The van der Waals surface area contributed by atoms with E-state index in [0.717, 1.165) is 25.7 Å². The van der Waals surface area contributed by atoms with Crippen molar-refractivity contribution >= 4 is 5.91 Å². The van der Waals surface area contributed by atoms with Crippen LogP contribution in [0.3, 0.4) is 0 Å². The van der Waals surface area contributed by atoms with Crippen LogP contribution in [0.25, 0.3) is 0 Å². The largest absolute Gasteiger partial charge is 0.388 e. The van der Waals surface area contributed by atoms with Crippen LogP contribution in [-0.4, -0.2) is 29.2 Å². The number of hydrogen-bond acceptors (Lipinski definition) is 3. The minimum atomic E-state index is -0.694. The molecule has 94 valence electrons. The summed E-state index contributed by atoms with van der Waals surface area (Å²) in [4.78, 5) is 11.4. The minimum Gasteiger partial charge on any atom is -0.388 e. The maximum Gasteiger partial charge on any atom is 0.221 e. The molecule has 0 aromatic carbocycles. The highest BCUT2D eigenvalue weighted by Crippen LogP contribution is 2.31. The van der Waals surface area contributed by atoms with Crippen LogP contribution in [0, 0.1) is 5.92 Å². The van der Waals surface area contributed by atoms with Crippen LogP contribution >= 0.6 is 0 Å². The van der Waals surface area contributed by atoms with E-state index in [1.165, 1.54) is 0 Å². The van der Waals surface area contributed by atoms with Crippen molar-refractivity contribution in [3.8, 4) is 0 Å². The number of nitrogens with two attached hydrogens (primary N) is 1. The summed E-state index contributed by atoms with van der Waals surface area (Å²) in [5.74, 6) is 0.627. The molecule has 1 atom stereocenters. The van der Waals surface area contributed by atoms with Gasteiger partial charge in [-0.25, -0.2) is 0 Å². The van der Waals surface area contributed by atoms with E-state index < -0.39 is 5.60 Å². The summed E-state index contributed by atoms with van der Waals surface area (Å²) < 4.78 is 0. The third kappa shape index (κ3) is 4.49. The molecule has 0 aromatic heterocycles. The van der Waals surface area contributed by atoms with E-state index in [1.807, 2.05) is 0 Å². The number of nitrogens with one attached hydrogen (secondary N) is 1. The van der Waals surface area contributed by atoms with Gasteiger partial charge in [0.05, 0.1) is 5.60 Å². The van der Waals surface area contributed by atoms with Gasteiger partial charge < -0.3 is 16.2 Å². The van der Waals surface area contributed by atoms with E-state index in [-0.39, 0.29) is 11.9 Å². The molecule has 1 amide bonds. The molecule has 4 N–H and O–H groups in total. The van der Waals surface area contributed by atoms with Gasteiger partial charge in [0.15, 0.2) is 0 Å². The zero-order valence-electron chi connectivity index (χ0n) is 10.3. The highest BCUT2D eigenvalue weighted by molar-refractivity contribution is 5.76. The zero-order valence-corrected chi connectivity index (χ0v) is 10.3. The van der Waals surface area contributed by atoms with E-state index in [9.17, 15) is 9.90 Å². The number of carbonyl (C=O) groups excluding carboxylic acids is 1. The van der Waals surface area contributed by atoms with E-state index in [0.29, 0.717) is 18.9 Å². The second-order valence-electron chi connectivity index (χ2n) is 5.37. The monoisotopic (exact) mass is 228 g/mol. The molecule has 0 aromatic rings. The average molecular weight is 228 g/mol. The van der Waals surface area contributed by atoms with Gasteiger partial charge in [0, 0.05) is 19.0 Å². The van der Waals surface area contributed by atoms with Crippen LogP contribution in [0.4, 0.5) is 0 Å². The van der Waals surface area contributed by atoms with Gasteiger partial charge in [0.2, 0.25) is 5.91 Å². The molecule has 0 spiro atoms. The van der Waals surface area contributed by atoms with E-state index >= 15 is 0 Å². The molecular weight excluding hydrogens is 204 g/mol. The lowest BCUT2D eigenvalue weighted by Gasteiger charge is -2.35. The van der Waals surface area contributed by atoms with Gasteiger partial charge in [-0.15, -0.1) is 0 Å². The van der Waals surface area contributed by atoms with E-state index in [2.05, 4.69) is 12.2 Å². The molecule has 1 aliphatic carbocycles. The minimum absolute atomic E-state index is 0.0675. The SMILES string of the molecule is CC(N)CC(=O)NCC1(O)CCC(C)CC1. The third-order valence-corrected chi connectivity index (χ3v) is 3.33. The maximum absolute atomic E-state index is 11.4. The first-order valence-electron chi connectivity index (χ1n) is 6.16. The Balaban J connectivity index is 2.28. The predicted octanol–water partition coefficient (Wildman–Crippen LogP) is 0.781. The Hall–Kier alpha value is -0.610. The Morgan fingerprint density at radius 1 is 1.56 bits per heavy atom. The summed E-state index contributed by atoms with van der Waals surface area (Å²) in [7, 11) is 0. The molecule has 0 heterocycles. The standard InChI is InChI=1S/C12H24N2O2/c1-9-3-5-12(16,6-4-9)8-14-11(15)7-10(2)13/h9-10,16H,3-8,13H2,1-2H3,(H,14,15). The van der Waals surface area contributed by atoms with Crippen LogP contribution in [0.15, 0.2) is 0 Å². The number of hydrogen-bond donors (Lipinski definition) is 3. The van der Waals surface area contributed by atoms with Crippen molar-refractivity contribution in [1.29, 1.82) is 0 Å². The Morgan fingerprint density at radius 2 is 2.12 bits per heavy atom. The number of aliphatic hydroxyl groups is 1. The summed E-state index contributed by atoms with van der Waals surface area (Å²) in [5, 5.41) is 13.0. The molecule has 1 aliphatic rings. The second-order valence-corrected chi connectivity index (χ2v) is 5.37. The average Bonchev–Trinajstić information content (AvgIpc) is 2.20. The van der Waals surface area contributed by atoms with Crippen LogP contribution in [0.1, 0.15) is 46.0 Å². The first kappa shape index (κ1) is 13.5. The molecular formula is C12H24N2O2. The highest BCUT2D eigenvalue weighted by atomic mass is 16.3. The first-order valence-corrected chi connectivity index (χ1v) is 6.16. The smallest absolute Gasteiger partial charge is 0.221 e. The summed E-state index contributed by atoms with van der Waals surface area (Å²) in [6.45, 7) is 4.37. The number of amides is 1. The molecule has 0 bridgehead atoms. The van der Waals surface area contributed by atoms with Crippen LogP contribution in [0.2, 0.25) is 0 Å². The quantitative estimate of drug-likeness (QED) is 0.665. The summed E-state index contributed by atoms with van der Waals surface area (Å²) in [5.41, 5.74) is 4.84. The molecule has 1 saturated carbocycles. The van der Waals surface area contributed by atoms with Gasteiger partial charge >= 0.3 is 0 Å². The zero-order chi connectivity index (χ0) is 12.2. The molecule has 16 heavy (non-hydrogen) atoms. The lowest BCUT2D eigenvalue weighted by Crippen LogP contribution is -2.45. The molecule has 1 rings (SSSR count). The van der Waals surface area contributed by atoms with Gasteiger partial charge in [-0.05, 0) is 38.5 Å². The fourth-order valence-electron chi connectivity index (χ4n) is 2.10. The fraction of sp³-hybridized carbons (Fsp3) is 0.917. The Labute approximate surface area is 97.6 Å². The van der Waals surface area contributed by atoms with Crippen molar-refractivity contribution < 1.29 is 9.90 Å². The molecule has 1 fully saturated rings. The topological polar surface area (TPSA) is 75.4 Å². The molecule has 0 saturated heterocycles. The van der Waals surface area contributed by atoms with Crippen LogP contribution in [0.5, 0.6) is 0 Å². The van der Waals surface area contributed by atoms with Gasteiger partial charge in [-0.3, -0.25) is 4.79 Å². The van der Waals surface area contributed by atoms with Gasteiger partial charge in [0.1, 0.15) is 0 Å². The van der Waals surface area contributed by atoms with Crippen molar-refractivity contribution in [3.05, 3.63) is 0 Å². The van der Waals surface area contributed by atoms with Crippen LogP contribution < -0.4 is 11.1 Å². The molecule has 4 nitrogen and oxygen atoms in total. The molecule has 4 heteroatoms. The lowest BCUT2D eigenvalue weighted by atomic mass is 9.79. The highest BCUT2D eigenvalue weighted by Gasteiger charge is 2.31. The van der Waals surface area contributed by atoms with Gasteiger partial charge in [0.25, 0.3) is 0 Å². The molecule has 0 radical (unpaired) electrons. The Bertz CT molecular complexity index is 233. The predicted molar refractivity (Wildman–Crippen MR) is 63.9 cm³/mol. The van der Waals surface area contributed by atoms with Crippen molar-refractivity contribution in [2.45, 2.75) is 57.6 Å². The summed E-state index contributed by atoms with van der Waals surface area (Å²) >= 11 is 0. The second kappa shape index (κ2) is 5.64. The van der Waals surface area contributed by atoms with Crippen molar-refractivity contribution in [2.75, 3.05) is 6.54 Å². The lowest BCUT2D eigenvalue weighted by molar-refractivity contribution is -0.123. The van der Waals surface area contributed by atoms with E-state index in [4.69, 9.17) is 5.73 Å². The molecule has 0 aliphatic heterocycles. The Morgan fingerprint density at radius 3 is 2.62 bits per heavy atom. The van der Waals surface area contributed by atoms with E-state index in [1.54, 1.807) is 6.92 Å². The fourth-order valence-corrected chi connectivity index (χ4v) is 2.10. The third-order valence-electron chi connectivity index (χ3n) is 3.33. The van der Waals surface area contributed by atoms with Gasteiger partial charge in [-0.1, -0.05) is 6.92 Å². The van der Waals surface area contributed by atoms with Crippen molar-refractivity contribution in [2.24, 2.45) is 11.7 Å². The normalized spacial score (nSPS) is 32.1. The molecule has 1 unspecified atom stereocenters.